The minimum absolute atomic E-state index is 0. The Morgan fingerprint density at radius 2 is 1.25 bits per heavy atom. The largest absolute Gasteiger partial charge is 0 e. The van der Waals surface area contributed by atoms with Crippen LogP contribution in [0.25, 0.3) is 0 Å². The van der Waals surface area contributed by atoms with E-state index in [1.54, 1.807) is 0 Å². The summed E-state index contributed by atoms with van der Waals surface area (Å²) in [5, 5.41) is 0. The molecule has 0 aromatic heterocycles. The zero-order valence-electron chi connectivity index (χ0n) is 1.73. The smallest absolute Gasteiger partial charge is 0 e. The van der Waals surface area contributed by atoms with Crippen molar-refractivity contribution < 1.29 is 46.6 Å². The molecule has 4 heavy (non-hydrogen) atoms. The molecule has 0 aliphatic carbocycles. The minimum atomic E-state index is 0. The fourth-order valence-corrected chi connectivity index (χ4v) is 0. The molecule has 0 aromatic rings. The van der Waals surface area contributed by atoms with Crippen molar-refractivity contribution in [2.24, 2.45) is 0 Å². The fourth-order valence-electron chi connectivity index (χ4n) is 0. The van der Waals surface area contributed by atoms with Gasteiger partial charge in [0.15, 0.2) is 0 Å². The van der Waals surface area contributed by atoms with Crippen LogP contribution in [0.4, 0.5) is 0 Å². The number of hydrogen-bond acceptors (Lipinski definition) is 1. The van der Waals surface area contributed by atoms with Crippen LogP contribution in [0, 0.1) is 0 Å². The van der Waals surface area contributed by atoms with Crippen LogP contribution in [0.2, 0.25) is 0 Å². The first-order valence-corrected chi connectivity index (χ1v) is 0.866. The molecule has 0 aliphatic heterocycles. The van der Waals surface area contributed by atoms with Crippen LogP contribution >= 0.6 is 0 Å². The van der Waals surface area contributed by atoms with Crippen molar-refractivity contribution >= 4 is 16.2 Å². The van der Waals surface area contributed by atoms with Crippen molar-refractivity contribution in [3.8, 4) is 0 Å². The monoisotopic (exact) mass is 257 g/mol. The van der Waals surface area contributed by atoms with Gasteiger partial charge in [0.25, 0.3) is 0 Å². The Bertz CT molecular complexity index is 8.00. The van der Waals surface area contributed by atoms with Gasteiger partial charge in [0, 0.05) is 42.8 Å². The van der Waals surface area contributed by atoms with Gasteiger partial charge in [0.05, 0.1) is 0 Å². The zero-order chi connectivity index (χ0) is 2.00. The summed E-state index contributed by atoms with van der Waals surface area (Å²) in [5.74, 6) is 0. The van der Waals surface area contributed by atoms with Gasteiger partial charge in [-0.05, 0) is 0 Å². The molecular weight excluding hydrogens is 257 g/mol. The van der Waals surface area contributed by atoms with Crippen LogP contribution in [0.3, 0.4) is 0 Å². The van der Waals surface area contributed by atoms with Crippen molar-refractivity contribution in [3.63, 3.8) is 0 Å². The maximum Gasteiger partial charge on any atom is 0 e. The molecule has 0 saturated heterocycles. The van der Waals surface area contributed by atoms with Gasteiger partial charge in [-0.2, -0.15) is 0 Å². The average molecular weight is 258 g/mol. The van der Waals surface area contributed by atoms with Crippen LogP contribution in [0.5, 0.6) is 0 Å². The van der Waals surface area contributed by atoms with Crippen molar-refractivity contribution in [1.29, 1.82) is 0 Å². The van der Waals surface area contributed by atoms with Crippen LogP contribution in [-0.4, -0.2) is 16.2 Å². The molecule has 1 nitrogen and oxygen atoms in total. The summed E-state index contributed by atoms with van der Waals surface area (Å²) in [6.07, 6.45) is 0. The Morgan fingerprint density at radius 3 is 1.25 bits per heavy atom. The van der Waals surface area contributed by atoms with E-state index in [-0.39, 0.29) is 42.8 Å². The Hall–Kier alpha value is 1.74. The molecule has 4 heteroatoms. The molecule has 0 aliphatic rings. The van der Waals surface area contributed by atoms with Crippen molar-refractivity contribution in [3.05, 3.63) is 0 Å². The van der Waals surface area contributed by atoms with Gasteiger partial charge in [-0.1, -0.05) is 0 Å². The van der Waals surface area contributed by atoms with Crippen molar-refractivity contribution in [2.45, 2.75) is 0 Å². The van der Waals surface area contributed by atoms with Gasteiger partial charge in [-0.15, -0.1) is 0 Å². The first-order chi connectivity index (χ1) is 1.00. The molecule has 0 spiro atoms. The second-order valence-corrected chi connectivity index (χ2v) is 0. The third-order valence-electron chi connectivity index (χ3n) is 0. The zero-order valence-corrected chi connectivity index (χ0v) is 6.18. The predicted molar refractivity (Wildman–Crippen MR) is 7.84 cm³/mol. The van der Waals surface area contributed by atoms with Gasteiger partial charge in [0.2, 0.25) is 0 Å². The Labute approximate surface area is 62.3 Å². The summed E-state index contributed by atoms with van der Waals surface area (Å²) in [7, 11) is 0. The molecule has 0 atom stereocenters. The van der Waals surface area contributed by atoms with E-state index in [0.29, 0.717) is 16.2 Å². The van der Waals surface area contributed by atoms with E-state index in [1.165, 1.54) is 0 Å². The molecule has 0 unspecified atom stereocenters. The minimum Gasteiger partial charge on any atom is 0 e. The van der Waals surface area contributed by atoms with Gasteiger partial charge >= 0.3 is 20.0 Å². The quantitative estimate of drug-likeness (QED) is 0.521. The summed E-state index contributed by atoms with van der Waals surface area (Å²) in [4.78, 5) is 0. The molecule has 0 amide bonds. The SMILES string of the molecule is [Ag].[O]=[AlH].[Pd]. The molecule has 0 saturated carbocycles. The van der Waals surface area contributed by atoms with Gasteiger partial charge < -0.3 is 0 Å². The molecule has 0 bridgehead atoms. The van der Waals surface area contributed by atoms with E-state index in [0.717, 1.165) is 0 Å². The summed E-state index contributed by atoms with van der Waals surface area (Å²) in [6, 6.07) is 0. The van der Waals surface area contributed by atoms with Crippen molar-refractivity contribution in [2.75, 3.05) is 0 Å². The van der Waals surface area contributed by atoms with E-state index >= 15 is 0 Å². The summed E-state index contributed by atoms with van der Waals surface area (Å²) in [5.41, 5.74) is 0. The predicted octanol–water partition coefficient (Wildman–Crippen LogP) is -0.772. The Balaban J connectivity index is -0.00000000500. The van der Waals surface area contributed by atoms with Gasteiger partial charge in [0.1, 0.15) is 0 Å². The van der Waals surface area contributed by atoms with E-state index in [4.69, 9.17) is 3.80 Å². The Kier molecular flexibility index (Phi) is 94.3. The first-order valence-electron chi connectivity index (χ1n) is 0.289. The maximum absolute atomic E-state index is 8.28. The van der Waals surface area contributed by atoms with E-state index in [9.17, 15) is 0 Å². The van der Waals surface area contributed by atoms with Crippen LogP contribution < -0.4 is 0 Å². The standard InChI is InChI=1S/Ag.Al.O.Pd.H. The van der Waals surface area contributed by atoms with Crippen LogP contribution in [0.1, 0.15) is 0 Å². The molecule has 0 N–H and O–H groups in total. The summed E-state index contributed by atoms with van der Waals surface area (Å²) >= 11 is 0.611. The van der Waals surface area contributed by atoms with Gasteiger partial charge in [-0.25, -0.2) is 0 Å². The van der Waals surface area contributed by atoms with Crippen LogP contribution in [0.15, 0.2) is 0 Å². The normalized spacial score (nSPS) is 0.750. The second kappa shape index (κ2) is 21.9. The first kappa shape index (κ1) is 17.2. The molecular formula is HAgAlOPd. The van der Waals surface area contributed by atoms with E-state index in [2.05, 4.69) is 0 Å². The Morgan fingerprint density at radius 1 is 1.25 bits per heavy atom. The number of rotatable bonds is 0. The molecule has 31 valence electrons. The number of hydrogen-bond donors (Lipinski definition) is 0. The van der Waals surface area contributed by atoms with E-state index in [1.807, 2.05) is 0 Å². The van der Waals surface area contributed by atoms with Crippen molar-refractivity contribution in [1.82, 2.24) is 0 Å². The summed E-state index contributed by atoms with van der Waals surface area (Å²) < 4.78 is 8.28. The fraction of sp³-hybridized carbons (Fsp3) is 0. The third-order valence-corrected chi connectivity index (χ3v) is 0. The maximum atomic E-state index is 8.28. The van der Waals surface area contributed by atoms with Gasteiger partial charge in [-0.3, -0.25) is 0 Å². The average Bonchev–Trinajstić information content (AvgIpc) is 1.00. The molecule has 0 heterocycles. The molecule has 0 rings (SSSR count). The molecule has 0 fully saturated rings. The van der Waals surface area contributed by atoms with Crippen LogP contribution in [-0.2, 0) is 46.6 Å². The second-order valence-electron chi connectivity index (χ2n) is 0. The third kappa shape index (κ3) is 9.28. The molecule has 0 aromatic carbocycles. The van der Waals surface area contributed by atoms with E-state index < -0.39 is 0 Å². The summed E-state index contributed by atoms with van der Waals surface area (Å²) in [6.45, 7) is 0. The molecule has 1 radical (unpaired) electrons. The topological polar surface area (TPSA) is 17.1 Å².